The van der Waals surface area contributed by atoms with Crippen molar-refractivity contribution in [3.05, 3.63) is 71.3 Å². The van der Waals surface area contributed by atoms with Gasteiger partial charge in [0.15, 0.2) is 0 Å². The number of benzene rings is 2. The van der Waals surface area contributed by atoms with Gasteiger partial charge in [-0.05, 0) is 16.7 Å². The molecule has 20 heavy (non-hydrogen) atoms. The van der Waals surface area contributed by atoms with E-state index in [0.29, 0.717) is 6.42 Å². The summed E-state index contributed by atoms with van der Waals surface area (Å²) in [6, 6.07) is 19.3. The molecule has 3 atom stereocenters. The summed E-state index contributed by atoms with van der Waals surface area (Å²) in [7, 11) is 0. The summed E-state index contributed by atoms with van der Waals surface area (Å²) < 4.78 is 0. The van der Waals surface area contributed by atoms with Crippen molar-refractivity contribution in [2.45, 2.75) is 24.6 Å². The van der Waals surface area contributed by atoms with Crippen molar-refractivity contribution in [1.29, 1.82) is 5.26 Å². The average Bonchev–Trinajstić information content (AvgIpc) is 2.81. The summed E-state index contributed by atoms with van der Waals surface area (Å²) in [5.41, 5.74) is 3.17. The predicted molar refractivity (Wildman–Crippen MR) is 76.8 cm³/mol. The summed E-state index contributed by atoms with van der Waals surface area (Å²) in [5.74, 6) is 0. The predicted octanol–water partition coefficient (Wildman–Crippen LogP) is 2.50. The zero-order valence-electron chi connectivity index (χ0n) is 11.0. The van der Waals surface area contributed by atoms with Crippen LogP contribution in [-0.4, -0.2) is 11.2 Å². The molecule has 100 valence electrons. The van der Waals surface area contributed by atoms with Crippen LogP contribution >= 0.6 is 0 Å². The number of rotatable bonds is 3. The van der Waals surface area contributed by atoms with Crippen LogP contribution in [0, 0.1) is 11.3 Å². The first-order valence-corrected chi connectivity index (χ1v) is 6.76. The van der Waals surface area contributed by atoms with Crippen LogP contribution in [0.15, 0.2) is 54.6 Å². The molecule has 2 aromatic carbocycles. The molecule has 0 saturated carbocycles. The monoisotopic (exact) mass is 264 g/mol. The number of fused-ring (bicyclic) bond motifs is 1. The van der Waals surface area contributed by atoms with Crippen molar-refractivity contribution in [3.8, 4) is 6.07 Å². The maximum Gasteiger partial charge on any atom is 0.121 e. The molecule has 0 fully saturated rings. The molecule has 1 aliphatic carbocycles. The fourth-order valence-corrected chi connectivity index (χ4v) is 2.81. The highest BCUT2D eigenvalue weighted by Crippen LogP contribution is 2.33. The molecule has 1 aliphatic rings. The first-order chi connectivity index (χ1) is 9.79. The lowest BCUT2D eigenvalue weighted by atomic mass is 10.0. The average molecular weight is 264 g/mol. The first kappa shape index (κ1) is 12.9. The van der Waals surface area contributed by atoms with Gasteiger partial charge in [0.2, 0.25) is 0 Å². The topological polar surface area (TPSA) is 56.0 Å². The highest BCUT2D eigenvalue weighted by Gasteiger charge is 2.32. The Morgan fingerprint density at radius 3 is 2.55 bits per heavy atom. The van der Waals surface area contributed by atoms with Crippen molar-refractivity contribution in [1.82, 2.24) is 5.32 Å². The van der Waals surface area contributed by atoms with E-state index in [1.807, 2.05) is 54.6 Å². The molecule has 3 nitrogen and oxygen atoms in total. The highest BCUT2D eigenvalue weighted by atomic mass is 16.3. The Bertz CT molecular complexity index is 633. The molecule has 2 aromatic rings. The summed E-state index contributed by atoms with van der Waals surface area (Å²) in [6.45, 7) is 0. The number of hydrogen-bond donors (Lipinski definition) is 2. The number of nitrogens with zero attached hydrogens (tertiary/aromatic N) is 1. The van der Waals surface area contributed by atoms with Crippen LogP contribution in [0.2, 0.25) is 0 Å². The highest BCUT2D eigenvalue weighted by molar-refractivity contribution is 5.37. The normalized spacial score (nSPS) is 22.0. The fourth-order valence-electron chi connectivity index (χ4n) is 2.81. The van der Waals surface area contributed by atoms with Crippen LogP contribution in [0.25, 0.3) is 0 Å². The third-order valence-corrected chi connectivity index (χ3v) is 3.81. The largest absolute Gasteiger partial charge is 0.391 e. The van der Waals surface area contributed by atoms with Gasteiger partial charge in [0.05, 0.1) is 18.2 Å². The minimum atomic E-state index is -0.480. The van der Waals surface area contributed by atoms with Gasteiger partial charge in [-0.25, -0.2) is 0 Å². The van der Waals surface area contributed by atoms with Crippen LogP contribution < -0.4 is 5.32 Å². The number of nitriles is 1. The third kappa shape index (κ3) is 2.32. The van der Waals surface area contributed by atoms with Crippen LogP contribution in [0.4, 0.5) is 0 Å². The van der Waals surface area contributed by atoms with Crippen molar-refractivity contribution in [2.75, 3.05) is 0 Å². The molecule has 2 N–H and O–H groups in total. The lowest BCUT2D eigenvalue weighted by Crippen LogP contribution is -2.31. The van der Waals surface area contributed by atoms with Gasteiger partial charge >= 0.3 is 0 Å². The molecule has 3 heteroatoms. The maximum atomic E-state index is 10.2. The summed E-state index contributed by atoms with van der Waals surface area (Å²) in [4.78, 5) is 0. The molecule has 1 unspecified atom stereocenters. The van der Waals surface area contributed by atoms with E-state index in [1.54, 1.807) is 0 Å². The molecule has 0 radical (unpaired) electrons. The minimum absolute atomic E-state index is 0.184. The number of hydrogen-bond acceptors (Lipinski definition) is 3. The number of aliphatic hydroxyl groups is 1. The van der Waals surface area contributed by atoms with Gasteiger partial charge in [0.1, 0.15) is 6.04 Å². The van der Waals surface area contributed by atoms with Crippen molar-refractivity contribution < 1.29 is 5.11 Å². The molecule has 0 amide bonds. The second kappa shape index (κ2) is 5.46. The van der Waals surface area contributed by atoms with Crippen molar-refractivity contribution in [2.24, 2.45) is 0 Å². The molecular weight excluding hydrogens is 248 g/mol. The van der Waals surface area contributed by atoms with E-state index in [1.165, 1.54) is 0 Å². The number of nitrogens with one attached hydrogen (secondary N) is 1. The van der Waals surface area contributed by atoms with E-state index in [-0.39, 0.29) is 6.04 Å². The molecule has 0 heterocycles. The Morgan fingerprint density at radius 2 is 1.80 bits per heavy atom. The lowest BCUT2D eigenvalue weighted by Gasteiger charge is -2.21. The van der Waals surface area contributed by atoms with Gasteiger partial charge in [0, 0.05) is 6.42 Å². The molecule has 0 aliphatic heterocycles. The van der Waals surface area contributed by atoms with Gasteiger partial charge in [0.25, 0.3) is 0 Å². The van der Waals surface area contributed by atoms with E-state index in [9.17, 15) is 10.4 Å². The molecule has 0 bridgehead atoms. The van der Waals surface area contributed by atoms with Gasteiger partial charge in [-0.3, -0.25) is 5.32 Å². The molecule has 0 spiro atoms. The van der Waals surface area contributed by atoms with E-state index in [4.69, 9.17) is 0 Å². The minimum Gasteiger partial charge on any atom is -0.391 e. The smallest absolute Gasteiger partial charge is 0.121 e. The summed E-state index contributed by atoms with van der Waals surface area (Å²) in [6.07, 6.45) is 0.160. The van der Waals surface area contributed by atoms with Crippen molar-refractivity contribution >= 4 is 0 Å². The molecule has 0 saturated heterocycles. The standard InChI is InChI=1S/C17H16N2O/c18-11-15(12-6-2-1-3-7-12)19-17-14-9-5-4-8-13(14)10-16(17)20/h1-9,15-17,19-20H,10H2/t15?,16-,17-/m0/s1. The maximum absolute atomic E-state index is 10.2. The Labute approximate surface area is 118 Å². The van der Waals surface area contributed by atoms with Crippen LogP contribution in [0.5, 0.6) is 0 Å². The Morgan fingerprint density at radius 1 is 1.10 bits per heavy atom. The van der Waals surface area contributed by atoms with Gasteiger partial charge < -0.3 is 5.11 Å². The van der Waals surface area contributed by atoms with E-state index in [0.717, 1.165) is 16.7 Å². The number of aliphatic hydroxyl groups excluding tert-OH is 1. The van der Waals surface area contributed by atoms with Gasteiger partial charge in [-0.2, -0.15) is 5.26 Å². The molecule has 3 rings (SSSR count). The van der Waals surface area contributed by atoms with Gasteiger partial charge in [-0.1, -0.05) is 54.6 Å². The van der Waals surface area contributed by atoms with E-state index >= 15 is 0 Å². The third-order valence-electron chi connectivity index (χ3n) is 3.81. The van der Waals surface area contributed by atoms with Gasteiger partial charge in [-0.15, -0.1) is 0 Å². The lowest BCUT2D eigenvalue weighted by molar-refractivity contribution is 0.138. The Kier molecular flexibility index (Phi) is 3.51. The van der Waals surface area contributed by atoms with Crippen LogP contribution in [-0.2, 0) is 6.42 Å². The van der Waals surface area contributed by atoms with E-state index in [2.05, 4.69) is 11.4 Å². The first-order valence-electron chi connectivity index (χ1n) is 6.76. The quantitative estimate of drug-likeness (QED) is 0.895. The van der Waals surface area contributed by atoms with E-state index < -0.39 is 12.1 Å². The fraction of sp³-hybridized carbons (Fsp3) is 0.235. The summed E-state index contributed by atoms with van der Waals surface area (Å²) >= 11 is 0. The Balaban J connectivity index is 1.86. The second-order valence-corrected chi connectivity index (χ2v) is 5.09. The second-order valence-electron chi connectivity index (χ2n) is 5.09. The zero-order chi connectivity index (χ0) is 13.9. The Hall–Kier alpha value is -2.15. The molecule has 0 aromatic heterocycles. The van der Waals surface area contributed by atoms with Crippen LogP contribution in [0.1, 0.15) is 28.8 Å². The van der Waals surface area contributed by atoms with Crippen molar-refractivity contribution in [3.63, 3.8) is 0 Å². The zero-order valence-corrected chi connectivity index (χ0v) is 11.0. The SMILES string of the molecule is N#CC(N[C@H]1c2ccccc2C[C@@H]1O)c1ccccc1. The molecular formula is C17H16N2O. The van der Waals surface area contributed by atoms with Crippen LogP contribution in [0.3, 0.4) is 0 Å². The summed E-state index contributed by atoms with van der Waals surface area (Å²) in [5, 5.41) is 22.9.